The molecule has 3 amide bonds. The van der Waals surface area contributed by atoms with E-state index in [2.05, 4.69) is 39.3 Å². The third-order valence-corrected chi connectivity index (χ3v) is 8.01. The maximum absolute atomic E-state index is 12.6. The number of thioether (sulfide) groups is 1. The van der Waals surface area contributed by atoms with Gasteiger partial charge in [-0.05, 0) is 76.9 Å². The van der Waals surface area contributed by atoms with Gasteiger partial charge in [0, 0.05) is 42.8 Å². The van der Waals surface area contributed by atoms with E-state index < -0.39 is 5.25 Å². The van der Waals surface area contributed by atoms with Crippen molar-refractivity contribution in [1.82, 2.24) is 15.1 Å². The van der Waals surface area contributed by atoms with Crippen molar-refractivity contribution in [3.05, 3.63) is 29.8 Å². The highest BCUT2D eigenvalue weighted by Gasteiger charge is 2.34. The minimum absolute atomic E-state index is 0.0815. The second-order valence-electron chi connectivity index (χ2n) is 9.91. The van der Waals surface area contributed by atoms with Crippen LogP contribution in [0.1, 0.15) is 62.7 Å². The Kier molecular flexibility index (Phi) is 7.93. The van der Waals surface area contributed by atoms with Gasteiger partial charge in [-0.15, -0.1) is 0 Å². The Morgan fingerprint density at radius 2 is 1.68 bits per heavy atom. The van der Waals surface area contributed by atoms with E-state index >= 15 is 0 Å². The number of aliphatic imine (C=N–C) groups is 1. The zero-order valence-electron chi connectivity index (χ0n) is 20.1. The number of piperidine rings is 1. The number of likely N-dealkylation sites (tertiary alicyclic amines) is 2. The lowest BCUT2D eigenvalue weighted by Crippen LogP contribution is -2.53. The molecule has 9 heteroatoms. The topological polar surface area (TPSA) is 94.1 Å². The van der Waals surface area contributed by atoms with Crippen LogP contribution in [-0.4, -0.2) is 76.2 Å². The van der Waals surface area contributed by atoms with Crippen LogP contribution in [0.3, 0.4) is 0 Å². The summed E-state index contributed by atoms with van der Waals surface area (Å²) in [7, 11) is 0. The summed E-state index contributed by atoms with van der Waals surface area (Å²) >= 11 is 1.39. The van der Waals surface area contributed by atoms with E-state index in [1.54, 1.807) is 24.3 Å². The van der Waals surface area contributed by atoms with Crippen molar-refractivity contribution in [3.63, 3.8) is 0 Å². The average Bonchev–Trinajstić information content (AvgIpc) is 3.49. The number of rotatable bonds is 7. The van der Waals surface area contributed by atoms with Crippen molar-refractivity contribution < 1.29 is 14.4 Å². The number of amidine groups is 1. The van der Waals surface area contributed by atoms with Gasteiger partial charge in [-0.1, -0.05) is 18.2 Å². The molecule has 1 atom stereocenters. The van der Waals surface area contributed by atoms with Gasteiger partial charge in [-0.2, -0.15) is 4.99 Å². The van der Waals surface area contributed by atoms with Crippen LogP contribution in [0, 0.1) is 0 Å². The van der Waals surface area contributed by atoms with Crippen molar-refractivity contribution in [2.45, 2.75) is 63.2 Å². The van der Waals surface area contributed by atoms with Crippen molar-refractivity contribution in [2.24, 2.45) is 4.99 Å². The van der Waals surface area contributed by atoms with Gasteiger partial charge in [0.25, 0.3) is 11.8 Å². The predicted octanol–water partition coefficient (Wildman–Crippen LogP) is 3.10. The van der Waals surface area contributed by atoms with Crippen molar-refractivity contribution >= 4 is 40.3 Å². The highest BCUT2D eigenvalue weighted by atomic mass is 32.2. The first-order valence-electron chi connectivity index (χ1n) is 12.3. The maximum Gasteiger partial charge on any atom is 0.262 e. The number of carbonyl (C=O) groups excluding carboxylic acids is 3. The molecule has 0 radical (unpaired) electrons. The number of hydrogen-bond donors (Lipinski definition) is 2. The molecule has 0 saturated carbocycles. The lowest BCUT2D eigenvalue weighted by molar-refractivity contribution is -0.121. The van der Waals surface area contributed by atoms with Crippen LogP contribution in [0.15, 0.2) is 29.3 Å². The molecule has 0 aliphatic carbocycles. The third-order valence-electron chi connectivity index (χ3n) is 6.80. The molecular weight excluding hydrogens is 450 g/mol. The van der Waals surface area contributed by atoms with Crippen LogP contribution in [0.4, 0.5) is 5.69 Å². The van der Waals surface area contributed by atoms with Crippen LogP contribution in [0.2, 0.25) is 0 Å². The average molecular weight is 486 g/mol. The predicted molar refractivity (Wildman–Crippen MR) is 136 cm³/mol. The van der Waals surface area contributed by atoms with Gasteiger partial charge in [-0.25, -0.2) is 0 Å². The summed E-state index contributed by atoms with van der Waals surface area (Å²) in [5.74, 6) is -0.590. The molecule has 1 aromatic carbocycles. The molecule has 0 spiro atoms. The zero-order chi connectivity index (χ0) is 24.1. The Morgan fingerprint density at radius 3 is 2.35 bits per heavy atom. The summed E-state index contributed by atoms with van der Waals surface area (Å²) in [6.07, 6.45) is 6.02. The quantitative estimate of drug-likeness (QED) is 0.616. The van der Waals surface area contributed by atoms with Gasteiger partial charge in [0.1, 0.15) is 5.25 Å². The second-order valence-corrected chi connectivity index (χ2v) is 11.1. The molecule has 3 aliphatic heterocycles. The molecule has 3 heterocycles. The number of nitrogens with one attached hydrogen (secondary N) is 2. The number of hydrogen-bond acceptors (Lipinski definition) is 6. The molecule has 0 aromatic heterocycles. The summed E-state index contributed by atoms with van der Waals surface area (Å²) in [5.41, 5.74) is 1.07. The molecule has 3 aliphatic rings. The van der Waals surface area contributed by atoms with E-state index in [9.17, 15) is 14.4 Å². The standard InChI is InChI=1S/C25H35N5O3S/c1-25(2,30-14-4-3-5-15-30)17-26-22(32)18-8-10-19(11-9-18)27-21(31)16-20-23(33)28-24(34-20)29-12-6-7-13-29/h8-11,20H,3-7,12-17H2,1-2H3,(H,26,32)(H,27,31). The molecule has 2 N–H and O–H groups in total. The number of amides is 3. The summed E-state index contributed by atoms with van der Waals surface area (Å²) < 4.78 is 0. The normalized spacial score (nSPS) is 21.5. The molecule has 8 nitrogen and oxygen atoms in total. The van der Waals surface area contributed by atoms with Crippen LogP contribution in [-0.2, 0) is 9.59 Å². The first-order chi connectivity index (χ1) is 16.3. The van der Waals surface area contributed by atoms with Crippen LogP contribution in [0.25, 0.3) is 0 Å². The number of carbonyl (C=O) groups is 3. The van der Waals surface area contributed by atoms with Gasteiger partial charge in [0.05, 0.1) is 0 Å². The SMILES string of the molecule is CC(C)(CNC(=O)c1ccc(NC(=O)CC2SC(N3CCCC3)=NC2=O)cc1)N1CCCCC1. The number of nitrogens with zero attached hydrogens (tertiary/aromatic N) is 3. The minimum Gasteiger partial charge on any atom is -0.351 e. The fourth-order valence-corrected chi connectivity index (χ4v) is 5.76. The molecule has 2 fully saturated rings. The lowest BCUT2D eigenvalue weighted by Gasteiger charge is -2.41. The summed E-state index contributed by atoms with van der Waals surface area (Å²) in [6.45, 7) is 8.93. The molecule has 184 valence electrons. The van der Waals surface area contributed by atoms with Gasteiger partial charge in [0.2, 0.25) is 5.91 Å². The van der Waals surface area contributed by atoms with Crippen molar-refractivity contribution in [2.75, 3.05) is 38.0 Å². The molecule has 34 heavy (non-hydrogen) atoms. The Bertz CT molecular complexity index is 934. The maximum atomic E-state index is 12.6. The molecule has 0 bridgehead atoms. The second kappa shape index (κ2) is 10.9. The zero-order valence-corrected chi connectivity index (χ0v) is 21.0. The first-order valence-corrected chi connectivity index (χ1v) is 13.2. The van der Waals surface area contributed by atoms with Crippen molar-refractivity contribution in [1.29, 1.82) is 0 Å². The fourth-order valence-electron chi connectivity index (χ4n) is 4.65. The van der Waals surface area contributed by atoms with E-state index in [1.807, 2.05) is 0 Å². The summed E-state index contributed by atoms with van der Waals surface area (Å²) in [4.78, 5) is 46.1. The van der Waals surface area contributed by atoms with Gasteiger partial charge in [-0.3, -0.25) is 19.3 Å². The summed E-state index contributed by atoms with van der Waals surface area (Å²) in [6, 6.07) is 6.86. The highest BCUT2D eigenvalue weighted by molar-refractivity contribution is 8.15. The van der Waals surface area contributed by atoms with E-state index in [0.29, 0.717) is 17.8 Å². The Labute approximate surface area is 205 Å². The van der Waals surface area contributed by atoms with Gasteiger partial charge < -0.3 is 15.5 Å². The van der Waals surface area contributed by atoms with Crippen molar-refractivity contribution in [3.8, 4) is 0 Å². The van der Waals surface area contributed by atoms with E-state index in [4.69, 9.17) is 0 Å². The fraction of sp³-hybridized carbons (Fsp3) is 0.600. The largest absolute Gasteiger partial charge is 0.351 e. The lowest BCUT2D eigenvalue weighted by atomic mass is 9.98. The van der Waals surface area contributed by atoms with E-state index in [0.717, 1.165) is 44.2 Å². The molecule has 2 saturated heterocycles. The van der Waals surface area contributed by atoms with E-state index in [1.165, 1.54) is 31.0 Å². The molecule has 4 rings (SSSR count). The Hall–Kier alpha value is -2.39. The molecule has 1 aromatic rings. The van der Waals surface area contributed by atoms with Crippen LogP contribution >= 0.6 is 11.8 Å². The number of anilines is 1. The summed E-state index contributed by atoms with van der Waals surface area (Å²) in [5, 5.41) is 6.16. The smallest absolute Gasteiger partial charge is 0.262 e. The highest BCUT2D eigenvalue weighted by Crippen LogP contribution is 2.29. The molecule has 1 unspecified atom stereocenters. The molecular formula is C25H35N5O3S. The monoisotopic (exact) mass is 485 g/mol. The van der Waals surface area contributed by atoms with E-state index in [-0.39, 0.29) is 29.7 Å². The van der Waals surface area contributed by atoms with Crippen LogP contribution < -0.4 is 10.6 Å². The minimum atomic E-state index is -0.469. The Balaban J connectivity index is 1.23. The third kappa shape index (κ3) is 6.18. The van der Waals surface area contributed by atoms with Gasteiger partial charge in [0.15, 0.2) is 5.17 Å². The Morgan fingerprint density at radius 1 is 1.03 bits per heavy atom. The first kappa shape index (κ1) is 24.7. The van der Waals surface area contributed by atoms with Crippen LogP contribution in [0.5, 0.6) is 0 Å². The number of benzene rings is 1. The van der Waals surface area contributed by atoms with Gasteiger partial charge >= 0.3 is 0 Å².